The molecule has 0 saturated heterocycles. The van der Waals surface area contributed by atoms with Crippen LogP contribution in [0.2, 0.25) is 0 Å². The van der Waals surface area contributed by atoms with Gasteiger partial charge in [-0.05, 0) is 43.3 Å². The van der Waals surface area contributed by atoms with Gasteiger partial charge in [0.25, 0.3) is 11.5 Å². The summed E-state index contributed by atoms with van der Waals surface area (Å²) in [6, 6.07) is 8.16. The van der Waals surface area contributed by atoms with Crippen molar-refractivity contribution in [2.24, 2.45) is 0 Å². The van der Waals surface area contributed by atoms with E-state index in [9.17, 15) is 18.8 Å². The van der Waals surface area contributed by atoms with Crippen LogP contribution in [-0.2, 0) is 4.74 Å². The number of halogens is 1. The maximum Gasteiger partial charge on any atom is 0.359 e. The van der Waals surface area contributed by atoms with Crippen molar-refractivity contribution in [2.45, 2.75) is 6.92 Å². The summed E-state index contributed by atoms with van der Waals surface area (Å²) in [6.07, 6.45) is 2.96. The van der Waals surface area contributed by atoms with Gasteiger partial charge in [0.1, 0.15) is 10.8 Å². The van der Waals surface area contributed by atoms with Crippen molar-refractivity contribution < 1.29 is 18.7 Å². The quantitative estimate of drug-likeness (QED) is 0.479. The summed E-state index contributed by atoms with van der Waals surface area (Å²) in [6.45, 7) is 1.77. The van der Waals surface area contributed by atoms with Gasteiger partial charge in [0.2, 0.25) is 0 Å². The number of anilines is 1. The van der Waals surface area contributed by atoms with Gasteiger partial charge in [-0.25, -0.2) is 9.18 Å². The van der Waals surface area contributed by atoms with Gasteiger partial charge < -0.3 is 10.1 Å². The van der Waals surface area contributed by atoms with Gasteiger partial charge >= 0.3 is 5.97 Å². The summed E-state index contributed by atoms with van der Waals surface area (Å²) in [7, 11) is 0. The van der Waals surface area contributed by atoms with Crippen molar-refractivity contribution in [3.8, 4) is 5.69 Å². The second-order valence-electron chi connectivity index (χ2n) is 6.31. The summed E-state index contributed by atoms with van der Waals surface area (Å²) in [5.41, 5.74) is -0.0334. The number of pyridine rings is 1. The number of amides is 1. The number of benzene rings is 1. The second-order valence-corrected chi connectivity index (χ2v) is 7.19. The van der Waals surface area contributed by atoms with Crippen LogP contribution in [0.1, 0.15) is 27.8 Å². The predicted molar refractivity (Wildman–Crippen MR) is 113 cm³/mol. The maximum absolute atomic E-state index is 13.4. The van der Waals surface area contributed by atoms with Crippen LogP contribution in [0.3, 0.4) is 0 Å². The number of nitrogens with one attached hydrogen (secondary N) is 1. The van der Waals surface area contributed by atoms with Crippen molar-refractivity contribution in [1.29, 1.82) is 0 Å². The molecule has 1 amide bonds. The summed E-state index contributed by atoms with van der Waals surface area (Å²) in [4.78, 5) is 42.2. The minimum absolute atomic E-state index is 0.0820. The largest absolute Gasteiger partial charge is 0.461 e. The Morgan fingerprint density at radius 2 is 1.87 bits per heavy atom. The second kappa shape index (κ2) is 8.44. The molecule has 8 nitrogen and oxygen atoms in total. The van der Waals surface area contributed by atoms with E-state index in [-0.39, 0.29) is 33.8 Å². The molecule has 0 spiro atoms. The van der Waals surface area contributed by atoms with Crippen LogP contribution < -0.4 is 10.9 Å². The highest BCUT2D eigenvalue weighted by atomic mass is 32.1. The highest BCUT2D eigenvalue weighted by Crippen LogP contribution is 2.31. The normalized spacial score (nSPS) is 10.8. The van der Waals surface area contributed by atoms with E-state index in [1.54, 1.807) is 12.3 Å². The van der Waals surface area contributed by atoms with E-state index >= 15 is 0 Å². The molecule has 156 valence electrons. The van der Waals surface area contributed by atoms with Crippen molar-refractivity contribution in [2.75, 3.05) is 11.9 Å². The summed E-state index contributed by atoms with van der Waals surface area (Å²) in [5.74, 6) is -1.63. The van der Waals surface area contributed by atoms with Gasteiger partial charge in [-0.3, -0.25) is 14.6 Å². The number of ether oxygens (including phenoxy) is 1. The Balaban J connectivity index is 1.89. The van der Waals surface area contributed by atoms with E-state index in [0.717, 1.165) is 16.0 Å². The molecule has 0 aliphatic rings. The Hall–Kier alpha value is -3.92. The van der Waals surface area contributed by atoms with E-state index in [4.69, 9.17) is 4.74 Å². The van der Waals surface area contributed by atoms with Crippen LogP contribution in [0, 0.1) is 5.82 Å². The fraction of sp³-hybridized carbons (Fsp3) is 0.0952. The minimum Gasteiger partial charge on any atom is -0.461 e. The lowest BCUT2D eigenvalue weighted by molar-refractivity contribution is 0.0520. The Kier molecular flexibility index (Phi) is 5.54. The molecular formula is C21H15FN4O4S. The highest BCUT2D eigenvalue weighted by molar-refractivity contribution is 7.16. The Morgan fingerprint density at radius 3 is 2.55 bits per heavy atom. The van der Waals surface area contributed by atoms with Crippen molar-refractivity contribution >= 4 is 39.0 Å². The lowest BCUT2D eigenvalue weighted by Crippen LogP contribution is -2.25. The third kappa shape index (κ3) is 3.92. The fourth-order valence-corrected chi connectivity index (χ4v) is 3.86. The maximum atomic E-state index is 13.4. The van der Waals surface area contributed by atoms with Gasteiger partial charge in [0, 0.05) is 28.7 Å². The molecule has 4 aromatic rings. The molecular weight excluding hydrogens is 423 g/mol. The molecule has 0 aliphatic carbocycles. The van der Waals surface area contributed by atoms with Crippen LogP contribution >= 0.6 is 11.3 Å². The number of aromatic nitrogens is 3. The molecule has 31 heavy (non-hydrogen) atoms. The first-order chi connectivity index (χ1) is 15.0. The highest BCUT2D eigenvalue weighted by Gasteiger charge is 2.23. The van der Waals surface area contributed by atoms with E-state index in [2.05, 4.69) is 15.4 Å². The number of carbonyl (C=O) groups excluding carboxylic acids is 2. The molecule has 0 fully saturated rings. The predicted octanol–water partition coefficient (Wildman–Crippen LogP) is 3.41. The van der Waals surface area contributed by atoms with Crippen molar-refractivity contribution in [3.05, 3.63) is 81.6 Å². The smallest absolute Gasteiger partial charge is 0.359 e. The van der Waals surface area contributed by atoms with Crippen molar-refractivity contribution in [3.63, 3.8) is 0 Å². The van der Waals surface area contributed by atoms with E-state index in [0.29, 0.717) is 5.56 Å². The van der Waals surface area contributed by atoms with Crippen LogP contribution in [0.4, 0.5) is 9.39 Å². The fourth-order valence-electron chi connectivity index (χ4n) is 2.93. The topological polar surface area (TPSA) is 103 Å². The number of hydrogen-bond donors (Lipinski definition) is 1. The molecule has 0 atom stereocenters. The van der Waals surface area contributed by atoms with E-state index in [1.807, 2.05) is 0 Å². The zero-order chi connectivity index (χ0) is 22.0. The first kappa shape index (κ1) is 20.4. The summed E-state index contributed by atoms with van der Waals surface area (Å²) >= 11 is 1.09. The first-order valence-corrected chi connectivity index (χ1v) is 10.1. The molecule has 0 saturated carbocycles. The van der Waals surface area contributed by atoms with E-state index in [1.165, 1.54) is 48.8 Å². The summed E-state index contributed by atoms with van der Waals surface area (Å²) in [5, 5.41) is 9.05. The number of hydrogen-bond acceptors (Lipinski definition) is 7. The van der Waals surface area contributed by atoms with Gasteiger partial charge in [-0.2, -0.15) is 9.78 Å². The Morgan fingerprint density at radius 1 is 1.16 bits per heavy atom. The van der Waals surface area contributed by atoms with E-state index < -0.39 is 23.3 Å². The standard InChI is InChI=1S/C21H15FN4O4S/c1-2-30-21(29)17-15-11-31-19(24-18(27)12-7-9-23-10-8-12)16(15)20(28)26(25-17)14-5-3-13(22)4-6-14/h3-11H,2H2,1H3,(H,24,27). The van der Waals surface area contributed by atoms with Gasteiger partial charge in [-0.1, -0.05) is 0 Å². The van der Waals surface area contributed by atoms with Crippen molar-refractivity contribution in [1.82, 2.24) is 14.8 Å². The third-order valence-electron chi connectivity index (χ3n) is 4.36. The SMILES string of the molecule is CCOC(=O)c1nn(-c2ccc(F)cc2)c(=O)c2c(NC(=O)c3ccncc3)scc12. The number of fused-ring (bicyclic) bond motifs is 1. The lowest BCUT2D eigenvalue weighted by Gasteiger charge is -2.10. The number of carbonyl (C=O) groups is 2. The number of rotatable bonds is 5. The average molecular weight is 438 g/mol. The van der Waals surface area contributed by atoms with Gasteiger partial charge in [-0.15, -0.1) is 11.3 Å². The van der Waals surface area contributed by atoms with Crippen LogP contribution in [0.5, 0.6) is 0 Å². The minimum atomic E-state index is -0.715. The molecule has 1 N–H and O–H groups in total. The van der Waals surface area contributed by atoms with Crippen LogP contribution in [-0.4, -0.2) is 33.2 Å². The zero-order valence-electron chi connectivity index (χ0n) is 16.2. The third-order valence-corrected chi connectivity index (χ3v) is 5.26. The average Bonchev–Trinajstić information content (AvgIpc) is 3.19. The molecule has 3 heterocycles. The molecule has 0 radical (unpaired) electrons. The molecule has 4 rings (SSSR count). The molecule has 1 aromatic carbocycles. The lowest BCUT2D eigenvalue weighted by atomic mass is 10.2. The zero-order valence-corrected chi connectivity index (χ0v) is 17.0. The molecule has 10 heteroatoms. The summed E-state index contributed by atoms with van der Waals surface area (Å²) < 4.78 is 19.4. The van der Waals surface area contributed by atoms with Gasteiger partial charge in [0.15, 0.2) is 5.69 Å². The number of esters is 1. The van der Waals surface area contributed by atoms with Gasteiger partial charge in [0.05, 0.1) is 17.7 Å². The Bertz CT molecular complexity index is 1330. The van der Waals surface area contributed by atoms with Crippen LogP contribution in [0.15, 0.2) is 59.0 Å². The molecule has 0 unspecified atom stereocenters. The van der Waals surface area contributed by atoms with Crippen LogP contribution in [0.25, 0.3) is 16.5 Å². The number of thiophene rings is 1. The Labute approximate surface area is 178 Å². The molecule has 0 aliphatic heterocycles. The molecule has 0 bridgehead atoms. The first-order valence-electron chi connectivity index (χ1n) is 9.18. The number of nitrogens with zero attached hydrogens (tertiary/aromatic N) is 3. The molecule has 3 aromatic heterocycles. The monoisotopic (exact) mass is 438 g/mol.